The van der Waals surface area contributed by atoms with Gasteiger partial charge in [0.25, 0.3) is 0 Å². The Morgan fingerprint density at radius 3 is 2.94 bits per heavy atom. The summed E-state index contributed by atoms with van der Waals surface area (Å²) < 4.78 is 2.02. The molecular formula is C12H19N3O2. The van der Waals surface area contributed by atoms with Crippen LogP contribution in [0.2, 0.25) is 0 Å². The lowest BCUT2D eigenvalue weighted by atomic mass is 9.66. The van der Waals surface area contributed by atoms with Crippen molar-refractivity contribution in [2.75, 3.05) is 11.9 Å². The fraction of sp³-hybridized carbons (Fsp3) is 0.667. The summed E-state index contributed by atoms with van der Waals surface area (Å²) in [5.41, 5.74) is -0.0592. The summed E-state index contributed by atoms with van der Waals surface area (Å²) in [6.45, 7) is 3.63. The molecule has 0 atom stereocenters. The Hall–Kier alpha value is -1.52. The Morgan fingerprint density at radius 2 is 2.41 bits per heavy atom. The van der Waals surface area contributed by atoms with Crippen LogP contribution < -0.4 is 5.32 Å². The summed E-state index contributed by atoms with van der Waals surface area (Å²) in [6, 6.07) is 0. The molecule has 0 unspecified atom stereocenters. The van der Waals surface area contributed by atoms with Crippen LogP contribution in [0.5, 0.6) is 0 Å². The van der Waals surface area contributed by atoms with Crippen LogP contribution in [0, 0.1) is 5.41 Å². The zero-order chi connectivity index (χ0) is 12.3. The van der Waals surface area contributed by atoms with Crippen molar-refractivity contribution in [1.29, 1.82) is 0 Å². The molecule has 0 radical (unpaired) electrons. The van der Waals surface area contributed by atoms with E-state index in [4.69, 9.17) is 5.11 Å². The number of carboxylic acid groups (broad SMARTS) is 1. The van der Waals surface area contributed by atoms with E-state index < -0.39 is 5.97 Å². The van der Waals surface area contributed by atoms with Gasteiger partial charge in [-0.15, -0.1) is 0 Å². The highest BCUT2D eigenvalue weighted by Crippen LogP contribution is 2.43. The minimum Gasteiger partial charge on any atom is -0.481 e. The maximum atomic E-state index is 10.8. The topological polar surface area (TPSA) is 67.2 Å². The molecule has 0 aliphatic heterocycles. The van der Waals surface area contributed by atoms with Gasteiger partial charge in [0.1, 0.15) is 0 Å². The molecule has 1 aliphatic carbocycles. The van der Waals surface area contributed by atoms with Gasteiger partial charge >= 0.3 is 5.97 Å². The summed E-state index contributed by atoms with van der Waals surface area (Å²) in [4.78, 5) is 15.1. The smallest absolute Gasteiger partial charge is 0.303 e. The number of rotatable bonds is 6. The van der Waals surface area contributed by atoms with Gasteiger partial charge in [-0.2, -0.15) is 0 Å². The summed E-state index contributed by atoms with van der Waals surface area (Å²) in [7, 11) is 0. The van der Waals surface area contributed by atoms with Gasteiger partial charge in [-0.1, -0.05) is 6.42 Å². The lowest BCUT2D eigenvalue weighted by molar-refractivity contribution is -0.141. The Kier molecular flexibility index (Phi) is 3.36. The van der Waals surface area contributed by atoms with Gasteiger partial charge in [0.15, 0.2) is 0 Å². The predicted molar refractivity (Wildman–Crippen MR) is 64.9 cm³/mol. The van der Waals surface area contributed by atoms with Crippen LogP contribution in [0.3, 0.4) is 0 Å². The summed E-state index contributed by atoms with van der Waals surface area (Å²) in [5, 5.41) is 12.2. The minimum absolute atomic E-state index is 0.0592. The zero-order valence-electron chi connectivity index (χ0n) is 10.1. The molecular weight excluding hydrogens is 218 g/mol. The van der Waals surface area contributed by atoms with Crippen LogP contribution in [0.4, 0.5) is 5.95 Å². The van der Waals surface area contributed by atoms with Crippen LogP contribution in [-0.4, -0.2) is 27.2 Å². The number of carbonyl (C=O) groups is 1. The van der Waals surface area contributed by atoms with Gasteiger partial charge in [-0.25, -0.2) is 4.98 Å². The average molecular weight is 237 g/mol. The zero-order valence-corrected chi connectivity index (χ0v) is 10.1. The normalized spacial score (nSPS) is 17.5. The molecule has 1 aromatic heterocycles. The van der Waals surface area contributed by atoms with E-state index in [0.29, 0.717) is 6.54 Å². The molecule has 0 amide bonds. The van der Waals surface area contributed by atoms with Crippen molar-refractivity contribution in [3.8, 4) is 0 Å². The van der Waals surface area contributed by atoms with Gasteiger partial charge in [-0.05, 0) is 25.2 Å². The SMILES string of the molecule is CCn1ccnc1NCC1(CC(=O)O)CCC1. The fourth-order valence-corrected chi connectivity index (χ4v) is 2.41. The van der Waals surface area contributed by atoms with E-state index in [1.54, 1.807) is 6.20 Å². The molecule has 2 rings (SSSR count). The largest absolute Gasteiger partial charge is 0.481 e. The maximum Gasteiger partial charge on any atom is 0.303 e. The molecule has 5 nitrogen and oxygen atoms in total. The van der Waals surface area contributed by atoms with E-state index in [1.807, 2.05) is 10.8 Å². The number of anilines is 1. The number of hydrogen-bond donors (Lipinski definition) is 2. The quantitative estimate of drug-likeness (QED) is 0.793. The average Bonchev–Trinajstić information content (AvgIpc) is 2.68. The Balaban J connectivity index is 1.94. The predicted octanol–water partition coefficient (Wildman–Crippen LogP) is 1.96. The van der Waals surface area contributed by atoms with Crippen molar-refractivity contribution in [3.63, 3.8) is 0 Å². The van der Waals surface area contributed by atoms with Crippen molar-refractivity contribution in [2.45, 2.75) is 39.2 Å². The summed E-state index contributed by atoms with van der Waals surface area (Å²) >= 11 is 0. The molecule has 0 bridgehead atoms. The first-order chi connectivity index (χ1) is 8.15. The third kappa shape index (κ3) is 2.60. The van der Waals surface area contributed by atoms with Gasteiger partial charge in [-0.3, -0.25) is 4.79 Å². The van der Waals surface area contributed by atoms with Gasteiger partial charge in [0, 0.05) is 25.5 Å². The number of nitrogens with zero attached hydrogens (tertiary/aromatic N) is 2. The van der Waals surface area contributed by atoms with Crippen molar-refractivity contribution in [1.82, 2.24) is 9.55 Å². The lowest BCUT2D eigenvalue weighted by Gasteiger charge is -2.40. The van der Waals surface area contributed by atoms with Crippen LogP contribution >= 0.6 is 0 Å². The second-order valence-corrected chi connectivity index (χ2v) is 4.81. The molecule has 2 N–H and O–H groups in total. The van der Waals surface area contributed by atoms with Crippen molar-refractivity contribution in [3.05, 3.63) is 12.4 Å². The number of carboxylic acids is 1. The van der Waals surface area contributed by atoms with Crippen molar-refractivity contribution >= 4 is 11.9 Å². The van der Waals surface area contributed by atoms with Crippen LogP contribution in [0.15, 0.2) is 12.4 Å². The van der Waals surface area contributed by atoms with E-state index in [9.17, 15) is 4.79 Å². The number of imidazole rings is 1. The van der Waals surface area contributed by atoms with Crippen molar-refractivity contribution < 1.29 is 9.90 Å². The Morgan fingerprint density at radius 1 is 1.65 bits per heavy atom. The van der Waals surface area contributed by atoms with Gasteiger partial charge < -0.3 is 15.0 Å². The van der Waals surface area contributed by atoms with Gasteiger partial charge in [0.2, 0.25) is 5.95 Å². The van der Waals surface area contributed by atoms with E-state index in [1.165, 1.54) is 0 Å². The first kappa shape index (κ1) is 12.0. The van der Waals surface area contributed by atoms with E-state index in [0.717, 1.165) is 31.8 Å². The molecule has 94 valence electrons. The highest BCUT2D eigenvalue weighted by molar-refractivity contribution is 5.68. The van der Waals surface area contributed by atoms with E-state index in [2.05, 4.69) is 17.2 Å². The van der Waals surface area contributed by atoms with Crippen LogP contribution in [0.25, 0.3) is 0 Å². The molecule has 0 saturated heterocycles. The second-order valence-electron chi connectivity index (χ2n) is 4.81. The summed E-state index contributed by atoms with van der Waals surface area (Å²) in [6.07, 6.45) is 7.08. The standard InChI is InChI=1S/C12H19N3O2/c1-2-15-7-6-13-11(15)14-9-12(4-3-5-12)8-10(16)17/h6-7H,2-5,8-9H2,1H3,(H,13,14)(H,16,17). The highest BCUT2D eigenvalue weighted by Gasteiger charge is 2.38. The Labute approximate surface area is 101 Å². The minimum atomic E-state index is -0.703. The fourth-order valence-electron chi connectivity index (χ4n) is 2.41. The van der Waals surface area contributed by atoms with E-state index in [-0.39, 0.29) is 11.8 Å². The third-order valence-corrected chi connectivity index (χ3v) is 3.62. The molecule has 0 spiro atoms. The maximum absolute atomic E-state index is 10.8. The number of aryl methyl sites for hydroxylation is 1. The molecule has 1 aliphatic rings. The molecule has 1 fully saturated rings. The van der Waals surface area contributed by atoms with E-state index >= 15 is 0 Å². The van der Waals surface area contributed by atoms with Gasteiger partial charge in [0.05, 0.1) is 6.42 Å². The second kappa shape index (κ2) is 4.77. The number of aromatic nitrogens is 2. The Bertz CT molecular complexity index is 396. The molecule has 5 heteroatoms. The molecule has 17 heavy (non-hydrogen) atoms. The van der Waals surface area contributed by atoms with Crippen LogP contribution in [-0.2, 0) is 11.3 Å². The lowest BCUT2D eigenvalue weighted by Crippen LogP contribution is -2.39. The molecule has 1 saturated carbocycles. The third-order valence-electron chi connectivity index (χ3n) is 3.62. The number of aliphatic carboxylic acids is 1. The highest BCUT2D eigenvalue weighted by atomic mass is 16.4. The molecule has 1 heterocycles. The monoisotopic (exact) mass is 237 g/mol. The number of nitrogens with one attached hydrogen (secondary N) is 1. The van der Waals surface area contributed by atoms with Crippen LogP contribution in [0.1, 0.15) is 32.6 Å². The first-order valence-corrected chi connectivity index (χ1v) is 6.12. The van der Waals surface area contributed by atoms with Crippen molar-refractivity contribution in [2.24, 2.45) is 5.41 Å². The number of hydrogen-bond acceptors (Lipinski definition) is 3. The summed E-state index contributed by atoms with van der Waals surface area (Å²) in [5.74, 6) is 0.134. The molecule has 0 aromatic carbocycles. The molecule has 1 aromatic rings. The first-order valence-electron chi connectivity index (χ1n) is 6.12.